The smallest absolute Gasteiger partial charge is 0.240 e. The van der Waals surface area contributed by atoms with E-state index in [9.17, 15) is 4.79 Å². The highest BCUT2D eigenvalue weighted by atomic mass is 16.3. The van der Waals surface area contributed by atoms with Gasteiger partial charge < -0.3 is 15.3 Å². The van der Waals surface area contributed by atoms with Gasteiger partial charge in [0.25, 0.3) is 0 Å². The molecule has 2 N–H and O–H groups in total. The van der Waals surface area contributed by atoms with Gasteiger partial charge in [-0.2, -0.15) is 0 Å². The van der Waals surface area contributed by atoms with Crippen molar-refractivity contribution in [3.63, 3.8) is 0 Å². The third-order valence-corrected chi connectivity index (χ3v) is 4.53. The Labute approximate surface area is 110 Å². The second-order valence-electron chi connectivity index (χ2n) is 5.65. The number of hydrogen-bond acceptors (Lipinski definition) is 3. The second kappa shape index (κ2) is 6.53. The minimum absolute atomic E-state index is 0.0177. The summed E-state index contributed by atoms with van der Waals surface area (Å²) in [7, 11) is 0. The molecule has 2 rings (SSSR count). The van der Waals surface area contributed by atoms with Gasteiger partial charge >= 0.3 is 0 Å². The Balaban J connectivity index is 1.94. The van der Waals surface area contributed by atoms with E-state index in [4.69, 9.17) is 5.11 Å². The number of amides is 1. The van der Waals surface area contributed by atoms with E-state index in [-0.39, 0.29) is 18.6 Å². The molecule has 2 fully saturated rings. The van der Waals surface area contributed by atoms with Crippen molar-refractivity contribution in [2.75, 3.05) is 19.7 Å². The van der Waals surface area contributed by atoms with Crippen LogP contribution in [0.5, 0.6) is 0 Å². The molecule has 0 aromatic rings. The number of hydrogen-bond donors (Lipinski definition) is 2. The van der Waals surface area contributed by atoms with Crippen LogP contribution in [-0.4, -0.2) is 47.7 Å². The van der Waals surface area contributed by atoms with Gasteiger partial charge in [-0.3, -0.25) is 4.79 Å². The zero-order valence-electron chi connectivity index (χ0n) is 11.4. The molecule has 1 amide bonds. The highest BCUT2D eigenvalue weighted by Crippen LogP contribution is 2.27. The molecule has 1 saturated carbocycles. The number of rotatable bonds is 5. The number of piperidine rings is 1. The molecule has 18 heavy (non-hydrogen) atoms. The molecule has 2 atom stereocenters. The quantitative estimate of drug-likeness (QED) is 0.773. The molecule has 2 aliphatic rings. The zero-order chi connectivity index (χ0) is 13.0. The standard InChI is InChI=1S/C14H26N2O2/c1-2-11-6-7-15-13(10-11)14(18)16(8-9-17)12-4-3-5-12/h11-13,15,17H,2-10H2,1H3. The van der Waals surface area contributed by atoms with Gasteiger partial charge in [0.2, 0.25) is 5.91 Å². The second-order valence-corrected chi connectivity index (χ2v) is 5.65. The zero-order valence-corrected chi connectivity index (χ0v) is 11.4. The molecule has 1 aliphatic heterocycles. The molecule has 0 spiro atoms. The maximum Gasteiger partial charge on any atom is 0.240 e. The molecular formula is C14H26N2O2. The Kier molecular flexibility index (Phi) is 5.01. The number of nitrogens with one attached hydrogen (secondary N) is 1. The predicted molar refractivity (Wildman–Crippen MR) is 71.2 cm³/mol. The molecule has 0 aromatic carbocycles. The van der Waals surface area contributed by atoms with Gasteiger partial charge in [-0.05, 0) is 44.6 Å². The first-order chi connectivity index (χ1) is 8.76. The van der Waals surface area contributed by atoms with E-state index in [0.717, 1.165) is 32.2 Å². The molecule has 1 saturated heterocycles. The van der Waals surface area contributed by atoms with Crippen molar-refractivity contribution in [2.45, 2.75) is 57.5 Å². The van der Waals surface area contributed by atoms with Crippen LogP contribution >= 0.6 is 0 Å². The van der Waals surface area contributed by atoms with Crippen molar-refractivity contribution in [1.29, 1.82) is 0 Å². The van der Waals surface area contributed by atoms with E-state index in [2.05, 4.69) is 12.2 Å². The van der Waals surface area contributed by atoms with Gasteiger partial charge in [-0.1, -0.05) is 13.3 Å². The van der Waals surface area contributed by atoms with Crippen LogP contribution in [0.25, 0.3) is 0 Å². The monoisotopic (exact) mass is 254 g/mol. The normalized spacial score (nSPS) is 28.8. The molecule has 4 heteroatoms. The average Bonchev–Trinajstić information content (AvgIpc) is 2.35. The molecular weight excluding hydrogens is 228 g/mol. The maximum absolute atomic E-state index is 12.5. The van der Waals surface area contributed by atoms with Gasteiger partial charge in [0.1, 0.15) is 0 Å². The summed E-state index contributed by atoms with van der Waals surface area (Å²) < 4.78 is 0. The van der Waals surface area contributed by atoms with Crippen molar-refractivity contribution in [1.82, 2.24) is 10.2 Å². The van der Waals surface area contributed by atoms with E-state index >= 15 is 0 Å². The highest BCUT2D eigenvalue weighted by molar-refractivity contribution is 5.82. The minimum Gasteiger partial charge on any atom is -0.395 e. The number of nitrogens with zero attached hydrogens (tertiary/aromatic N) is 1. The van der Waals surface area contributed by atoms with E-state index in [0.29, 0.717) is 18.5 Å². The van der Waals surface area contributed by atoms with Crippen molar-refractivity contribution >= 4 is 5.91 Å². The Morgan fingerprint density at radius 2 is 2.17 bits per heavy atom. The highest BCUT2D eigenvalue weighted by Gasteiger charge is 2.34. The van der Waals surface area contributed by atoms with E-state index in [1.165, 1.54) is 12.8 Å². The Morgan fingerprint density at radius 3 is 2.72 bits per heavy atom. The molecule has 0 bridgehead atoms. The lowest BCUT2D eigenvalue weighted by Gasteiger charge is -2.40. The minimum atomic E-state index is -0.0177. The number of aliphatic hydroxyl groups excluding tert-OH is 1. The van der Waals surface area contributed by atoms with Gasteiger partial charge in [0.15, 0.2) is 0 Å². The van der Waals surface area contributed by atoms with Crippen molar-refractivity contribution < 1.29 is 9.90 Å². The molecule has 104 valence electrons. The summed E-state index contributed by atoms with van der Waals surface area (Å²) in [6.07, 6.45) is 6.74. The SMILES string of the molecule is CCC1CCNC(C(=O)N(CCO)C2CCC2)C1. The van der Waals surface area contributed by atoms with Crippen LogP contribution in [0.2, 0.25) is 0 Å². The fraction of sp³-hybridized carbons (Fsp3) is 0.929. The van der Waals surface area contributed by atoms with Crippen molar-refractivity contribution in [2.24, 2.45) is 5.92 Å². The summed E-state index contributed by atoms with van der Waals surface area (Å²) >= 11 is 0. The third-order valence-electron chi connectivity index (χ3n) is 4.53. The lowest BCUT2D eigenvalue weighted by molar-refractivity contribution is -0.139. The fourth-order valence-electron chi connectivity index (χ4n) is 3.03. The molecule has 1 aliphatic carbocycles. The van der Waals surface area contributed by atoms with Crippen LogP contribution in [0.3, 0.4) is 0 Å². The van der Waals surface area contributed by atoms with Gasteiger partial charge in [-0.15, -0.1) is 0 Å². The van der Waals surface area contributed by atoms with E-state index in [1.54, 1.807) is 0 Å². The predicted octanol–water partition coefficient (Wildman–Crippen LogP) is 1.14. The molecule has 0 radical (unpaired) electrons. The number of carbonyl (C=O) groups is 1. The molecule has 4 nitrogen and oxygen atoms in total. The topological polar surface area (TPSA) is 52.6 Å². The lowest BCUT2D eigenvalue weighted by atomic mass is 9.87. The largest absolute Gasteiger partial charge is 0.395 e. The molecule has 0 aromatic heterocycles. The summed E-state index contributed by atoms with van der Waals surface area (Å²) in [6.45, 7) is 3.73. The Hall–Kier alpha value is -0.610. The first-order valence-electron chi connectivity index (χ1n) is 7.41. The molecule has 1 heterocycles. The summed E-state index contributed by atoms with van der Waals surface area (Å²) in [5.41, 5.74) is 0. The van der Waals surface area contributed by atoms with Crippen LogP contribution in [0.15, 0.2) is 0 Å². The lowest BCUT2D eigenvalue weighted by Crippen LogP contribution is -2.55. The van der Waals surface area contributed by atoms with Gasteiger partial charge in [0, 0.05) is 12.6 Å². The van der Waals surface area contributed by atoms with E-state index in [1.807, 2.05) is 4.90 Å². The fourth-order valence-corrected chi connectivity index (χ4v) is 3.03. The Bertz CT molecular complexity index is 279. The summed E-state index contributed by atoms with van der Waals surface area (Å²) in [4.78, 5) is 14.5. The molecule has 2 unspecified atom stereocenters. The van der Waals surface area contributed by atoms with Gasteiger partial charge in [-0.25, -0.2) is 0 Å². The van der Waals surface area contributed by atoms with Crippen LogP contribution < -0.4 is 5.32 Å². The summed E-state index contributed by atoms with van der Waals surface area (Å²) in [5.74, 6) is 0.893. The maximum atomic E-state index is 12.5. The van der Waals surface area contributed by atoms with Crippen LogP contribution in [0.1, 0.15) is 45.4 Å². The summed E-state index contributed by atoms with van der Waals surface area (Å²) in [6, 6.07) is 0.365. The van der Waals surface area contributed by atoms with Crippen LogP contribution in [0.4, 0.5) is 0 Å². The third kappa shape index (κ3) is 3.04. The van der Waals surface area contributed by atoms with E-state index < -0.39 is 0 Å². The first kappa shape index (κ1) is 13.8. The summed E-state index contributed by atoms with van der Waals surface area (Å²) in [5, 5.41) is 12.5. The van der Waals surface area contributed by atoms with Crippen LogP contribution in [0, 0.1) is 5.92 Å². The van der Waals surface area contributed by atoms with Crippen molar-refractivity contribution in [3.8, 4) is 0 Å². The van der Waals surface area contributed by atoms with Crippen LogP contribution in [-0.2, 0) is 4.79 Å². The Morgan fingerprint density at radius 1 is 1.39 bits per heavy atom. The first-order valence-corrected chi connectivity index (χ1v) is 7.41. The average molecular weight is 254 g/mol. The van der Waals surface area contributed by atoms with Crippen molar-refractivity contribution in [3.05, 3.63) is 0 Å². The number of carbonyl (C=O) groups excluding carboxylic acids is 1. The number of aliphatic hydroxyl groups is 1. The van der Waals surface area contributed by atoms with Gasteiger partial charge in [0.05, 0.1) is 12.6 Å².